The molecule has 1 aromatic rings. The number of aliphatic carboxylic acids is 1. The van der Waals surface area contributed by atoms with Crippen molar-refractivity contribution in [2.45, 2.75) is 25.7 Å². The molecule has 1 aromatic carbocycles. The maximum atomic E-state index is 14.0. The minimum absolute atomic E-state index is 0.00185. The average Bonchev–Trinajstić information content (AvgIpc) is 2.41. The quantitative estimate of drug-likeness (QED) is 0.509. The summed E-state index contributed by atoms with van der Waals surface area (Å²) in [5.74, 6) is 1.78. The van der Waals surface area contributed by atoms with E-state index in [1.165, 1.54) is 25.1 Å². The van der Waals surface area contributed by atoms with Gasteiger partial charge in [-0.15, -0.1) is 11.8 Å². The zero-order chi connectivity index (χ0) is 15.2. The van der Waals surface area contributed by atoms with Gasteiger partial charge in [0.05, 0.1) is 6.61 Å². The van der Waals surface area contributed by atoms with Gasteiger partial charge in [-0.05, 0) is 19.9 Å². The highest BCUT2D eigenvalue weighted by Gasteiger charge is 2.50. The van der Waals surface area contributed by atoms with Crippen LogP contribution in [0.1, 0.15) is 25.8 Å². The third-order valence-corrected chi connectivity index (χ3v) is 2.85. The number of halogens is 1. The third-order valence-electron chi connectivity index (χ3n) is 2.85. The summed E-state index contributed by atoms with van der Waals surface area (Å²) >= 11 is 0. The van der Waals surface area contributed by atoms with Crippen molar-refractivity contribution in [3.8, 4) is 11.8 Å². The maximum Gasteiger partial charge on any atom is 0.329 e. The van der Waals surface area contributed by atoms with Crippen molar-refractivity contribution in [2.24, 2.45) is 0 Å². The van der Waals surface area contributed by atoms with Crippen LogP contribution in [-0.4, -0.2) is 23.7 Å². The van der Waals surface area contributed by atoms with Gasteiger partial charge in [-0.1, -0.05) is 18.2 Å². The van der Waals surface area contributed by atoms with E-state index in [1.807, 2.05) is 0 Å². The zero-order valence-corrected chi connectivity index (χ0v) is 11.3. The van der Waals surface area contributed by atoms with E-state index in [4.69, 9.17) is 4.74 Å². The summed E-state index contributed by atoms with van der Waals surface area (Å²) in [7, 11) is 0. The largest absolute Gasteiger partial charge is 0.480 e. The van der Waals surface area contributed by atoms with E-state index in [-0.39, 0.29) is 18.6 Å². The maximum absolute atomic E-state index is 14.0. The predicted molar refractivity (Wildman–Crippen MR) is 70.4 cm³/mol. The van der Waals surface area contributed by atoms with Crippen molar-refractivity contribution in [2.75, 3.05) is 6.61 Å². The summed E-state index contributed by atoms with van der Waals surface area (Å²) in [6.07, 6.45) is -0.349. The number of carboxylic acid groups (broad SMARTS) is 1. The summed E-state index contributed by atoms with van der Waals surface area (Å²) in [5.41, 5.74) is -2.39. The lowest BCUT2D eigenvalue weighted by atomic mass is 9.77. The van der Waals surface area contributed by atoms with Crippen molar-refractivity contribution < 1.29 is 23.8 Å². The predicted octanol–water partition coefficient (Wildman–Crippen LogP) is 2.12. The van der Waals surface area contributed by atoms with E-state index in [2.05, 4.69) is 11.8 Å². The van der Waals surface area contributed by atoms with Crippen LogP contribution in [0.2, 0.25) is 0 Å². The number of carbonyl (C=O) groups is 2. The average molecular weight is 278 g/mol. The minimum atomic E-state index is -2.15. The van der Waals surface area contributed by atoms with Crippen LogP contribution in [-0.2, 0) is 19.7 Å². The molecule has 0 spiro atoms. The van der Waals surface area contributed by atoms with Crippen molar-refractivity contribution in [1.29, 1.82) is 0 Å². The molecular formula is C15H15FO4. The first-order chi connectivity index (χ1) is 9.50. The van der Waals surface area contributed by atoms with Crippen LogP contribution in [0.4, 0.5) is 4.39 Å². The van der Waals surface area contributed by atoms with Crippen LogP contribution in [0.25, 0.3) is 0 Å². The number of rotatable bonds is 5. The summed E-state index contributed by atoms with van der Waals surface area (Å²) in [4.78, 5) is 23.8. The van der Waals surface area contributed by atoms with Gasteiger partial charge in [-0.2, -0.15) is 0 Å². The molecule has 0 fully saturated rings. The van der Waals surface area contributed by atoms with Gasteiger partial charge >= 0.3 is 11.9 Å². The Morgan fingerprint density at radius 1 is 1.40 bits per heavy atom. The van der Waals surface area contributed by atoms with Crippen molar-refractivity contribution in [3.63, 3.8) is 0 Å². The molecule has 0 saturated carbocycles. The molecule has 20 heavy (non-hydrogen) atoms. The second kappa shape index (κ2) is 6.71. The van der Waals surface area contributed by atoms with Gasteiger partial charge < -0.3 is 9.84 Å². The highest BCUT2D eigenvalue weighted by atomic mass is 19.1. The van der Waals surface area contributed by atoms with Gasteiger partial charge in [0.1, 0.15) is 5.82 Å². The third kappa shape index (κ3) is 2.80. The van der Waals surface area contributed by atoms with E-state index in [0.29, 0.717) is 0 Å². The molecule has 1 rings (SSSR count). The summed E-state index contributed by atoms with van der Waals surface area (Å²) in [6.45, 7) is 3.07. The first-order valence-electron chi connectivity index (χ1n) is 6.06. The topological polar surface area (TPSA) is 63.6 Å². The number of hydrogen-bond donors (Lipinski definition) is 1. The van der Waals surface area contributed by atoms with E-state index in [0.717, 1.165) is 6.07 Å². The Balaban J connectivity index is 3.51. The van der Waals surface area contributed by atoms with Crippen LogP contribution >= 0.6 is 0 Å². The Morgan fingerprint density at radius 2 is 2.05 bits per heavy atom. The van der Waals surface area contributed by atoms with Crippen LogP contribution in [0, 0.1) is 17.7 Å². The fourth-order valence-electron chi connectivity index (χ4n) is 1.84. The molecule has 1 N–H and O–H groups in total. The second-order valence-corrected chi connectivity index (χ2v) is 4.01. The highest BCUT2D eigenvalue weighted by molar-refractivity contribution is 6.06. The number of benzene rings is 1. The molecule has 0 amide bonds. The molecule has 0 radical (unpaired) electrons. The molecule has 0 aliphatic heterocycles. The van der Waals surface area contributed by atoms with Crippen LogP contribution in [0.5, 0.6) is 0 Å². The van der Waals surface area contributed by atoms with Crippen molar-refractivity contribution in [3.05, 3.63) is 35.6 Å². The Hall–Kier alpha value is -2.35. The molecule has 0 aliphatic rings. The lowest BCUT2D eigenvalue weighted by Crippen LogP contribution is -2.45. The normalized spacial score (nSPS) is 12.8. The molecule has 106 valence electrons. The van der Waals surface area contributed by atoms with Crippen molar-refractivity contribution >= 4 is 11.9 Å². The molecule has 0 saturated heterocycles. The standard InChI is InChI=1S/C15H15FO4/c1-3-5-10-15(13(17)18,14(19)20-4-2)11-8-6-7-9-12(11)16/h6-9H,4,10H2,1-2H3,(H,17,18). The lowest BCUT2D eigenvalue weighted by Gasteiger charge is -2.26. The molecule has 0 aromatic heterocycles. The van der Waals surface area contributed by atoms with Gasteiger partial charge in [0, 0.05) is 12.0 Å². The molecule has 1 unspecified atom stereocenters. The summed E-state index contributed by atoms with van der Waals surface area (Å²) in [5, 5.41) is 9.49. The van der Waals surface area contributed by atoms with E-state index in [9.17, 15) is 19.1 Å². The molecule has 0 heterocycles. The first-order valence-corrected chi connectivity index (χ1v) is 6.06. The van der Waals surface area contributed by atoms with Crippen LogP contribution in [0.15, 0.2) is 24.3 Å². The van der Waals surface area contributed by atoms with E-state index >= 15 is 0 Å². The number of hydrogen-bond acceptors (Lipinski definition) is 3. The van der Waals surface area contributed by atoms with Crippen LogP contribution in [0.3, 0.4) is 0 Å². The van der Waals surface area contributed by atoms with Gasteiger partial charge in [-0.25, -0.2) is 4.39 Å². The summed E-state index contributed by atoms with van der Waals surface area (Å²) in [6, 6.07) is 5.25. The van der Waals surface area contributed by atoms with Crippen molar-refractivity contribution in [1.82, 2.24) is 0 Å². The SMILES string of the molecule is CC#CCC(C(=O)O)(C(=O)OCC)c1ccccc1F. The monoisotopic (exact) mass is 278 g/mol. The molecule has 0 aliphatic carbocycles. The number of ether oxygens (including phenoxy) is 1. The molecular weight excluding hydrogens is 263 g/mol. The van der Waals surface area contributed by atoms with Gasteiger partial charge in [-0.3, -0.25) is 9.59 Å². The minimum Gasteiger partial charge on any atom is -0.480 e. The summed E-state index contributed by atoms with van der Waals surface area (Å²) < 4.78 is 18.8. The first kappa shape index (κ1) is 15.7. The van der Waals surface area contributed by atoms with E-state index in [1.54, 1.807) is 6.92 Å². The zero-order valence-electron chi connectivity index (χ0n) is 11.3. The number of carboxylic acids is 1. The van der Waals surface area contributed by atoms with E-state index < -0.39 is 23.2 Å². The fraction of sp³-hybridized carbons (Fsp3) is 0.333. The van der Waals surface area contributed by atoms with Gasteiger partial charge in [0.2, 0.25) is 5.41 Å². The molecule has 4 nitrogen and oxygen atoms in total. The Morgan fingerprint density at radius 3 is 2.55 bits per heavy atom. The molecule has 1 atom stereocenters. The lowest BCUT2D eigenvalue weighted by molar-refractivity contribution is -0.161. The smallest absolute Gasteiger partial charge is 0.329 e. The Bertz CT molecular complexity index is 571. The van der Waals surface area contributed by atoms with Gasteiger partial charge in [0.25, 0.3) is 0 Å². The number of carbonyl (C=O) groups excluding carboxylic acids is 1. The van der Waals surface area contributed by atoms with Gasteiger partial charge in [0.15, 0.2) is 0 Å². The highest BCUT2D eigenvalue weighted by Crippen LogP contribution is 2.32. The molecule has 5 heteroatoms. The second-order valence-electron chi connectivity index (χ2n) is 4.01. The molecule has 0 bridgehead atoms. The fourth-order valence-corrected chi connectivity index (χ4v) is 1.84. The Kier molecular flexibility index (Phi) is 5.27. The van der Waals surface area contributed by atoms with Crippen LogP contribution < -0.4 is 0 Å². The number of esters is 1. The Labute approximate surface area is 116 Å².